The number of fused-ring (bicyclic) bond motifs is 1. The third kappa shape index (κ3) is 8.32. The molecule has 13 heteroatoms. The molecule has 2 fully saturated rings. The number of carbonyl (C=O) groups is 3. The quantitative estimate of drug-likeness (QED) is 0.275. The summed E-state index contributed by atoms with van der Waals surface area (Å²) in [5.74, 6) is -2.58. The number of carbonyl (C=O) groups excluding carboxylic acids is 3. The van der Waals surface area contributed by atoms with E-state index in [4.69, 9.17) is 14.6 Å². The molecule has 244 valence electrons. The molecule has 2 heterocycles. The van der Waals surface area contributed by atoms with Crippen LogP contribution in [0, 0.1) is 17.6 Å². The molecule has 1 saturated heterocycles. The van der Waals surface area contributed by atoms with Gasteiger partial charge in [0.1, 0.15) is 11.7 Å². The van der Waals surface area contributed by atoms with Crippen molar-refractivity contribution in [2.45, 2.75) is 57.7 Å². The Hall–Kier alpha value is -3.13. The number of aromatic nitrogens is 1. The maximum atomic E-state index is 14.2. The normalized spacial score (nSPS) is 17.6. The van der Waals surface area contributed by atoms with E-state index in [1.807, 2.05) is 0 Å². The van der Waals surface area contributed by atoms with Crippen molar-refractivity contribution < 1.29 is 37.7 Å². The summed E-state index contributed by atoms with van der Waals surface area (Å²) >= 11 is 0. The molecule has 1 unspecified atom stereocenters. The van der Waals surface area contributed by atoms with E-state index in [0.717, 1.165) is 44.2 Å². The van der Waals surface area contributed by atoms with Crippen LogP contribution in [0.4, 0.5) is 8.78 Å². The number of rotatable bonds is 14. The van der Waals surface area contributed by atoms with Gasteiger partial charge < -0.3 is 39.6 Å². The van der Waals surface area contributed by atoms with Crippen LogP contribution < -0.4 is 10.6 Å². The highest BCUT2D eigenvalue weighted by atomic mass is 19.2. The molecule has 3 N–H and O–H groups in total. The van der Waals surface area contributed by atoms with Gasteiger partial charge in [-0.1, -0.05) is 19.3 Å². The van der Waals surface area contributed by atoms with Gasteiger partial charge in [-0.3, -0.25) is 14.4 Å². The second kappa shape index (κ2) is 16.3. The van der Waals surface area contributed by atoms with Crippen LogP contribution in [-0.4, -0.2) is 116 Å². The molecule has 1 aromatic heterocycles. The lowest BCUT2D eigenvalue weighted by atomic mass is 9.83. The lowest BCUT2D eigenvalue weighted by molar-refractivity contribution is -0.140. The van der Waals surface area contributed by atoms with Crippen LogP contribution >= 0.6 is 0 Å². The molecule has 1 aliphatic carbocycles. The van der Waals surface area contributed by atoms with Crippen LogP contribution in [0.15, 0.2) is 18.2 Å². The van der Waals surface area contributed by atoms with E-state index in [1.165, 1.54) is 0 Å². The SMILES string of the molecule is CNC(C)C(=O)N[C@H](C(=O)N1CCN(C(=O)c2cc3cc(F)c(F)cc3n2CCOCCOCCO)CC1)C1CCCCC1. The Morgan fingerprint density at radius 1 is 0.932 bits per heavy atom. The maximum Gasteiger partial charge on any atom is 0.270 e. The lowest BCUT2D eigenvalue weighted by Crippen LogP contribution is -2.59. The second-order valence-electron chi connectivity index (χ2n) is 11.5. The number of piperazine rings is 1. The number of halogens is 2. The summed E-state index contributed by atoms with van der Waals surface area (Å²) in [6.07, 6.45) is 4.94. The van der Waals surface area contributed by atoms with Crippen LogP contribution in [-0.2, 0) is 25.6 Å². The molecule has 1 saturated carbocycles. The highest BCUT2D eigenvalue weighted by Crippen LogP contribution is 2.28. The Bertz CT molecular complexity index is 1280. The van der Waals surface area contributed by atoms with Gasteiger partial charge in [-0.15, -0.1) is 0 Å². The minimum atomic E-state index is -1.01. The number of ether oxygens (including phenoxy) is 2. The van der Waals surface area contributed by atoms with E-state index in [2.05, 4.69) is 10.6 Å². The van der Waals surface area contributed by atoms with Gasteiger partial charge in [-0.2, -0.15) is 0 Å². The highest BCUT2D eigenvalue weighted by Gasteiger charge is 2.36. The van der Waals surface area contributed by atoms with Crippen molar-refractivity contribution >= 4 is 28.6 Å². The number of hydrogen-bond acceptors (Lipinski definition) is 7. The van der Waals surface area contributed by atoms with E-state index in [-0.39, 0.29) is 75.4 Å². The summed E-state index contributed by atoms with van der Waals surface area (Å²) in [5.41, 5.74) is 0.654. The highest BCUT2D eigenvalue weighted by molar-refractivity contribution is 5.99. The zero-order valence-electron chi connectivity index (χ0n) is 25.7. The summed E-state index contributed by atoms with van der Waals surface area (Å²) in [6.45, 7) is 4.06. The van der Waals surface area contributed by atoms with Crippen molar-refractivity contribution in [3.63, 3.8) is 0 Å². The summed E-state index contributed by atoms with van der Waals surface area (Å²) in [6, 6.07) is 2.67. The van der Waals surface area contributed by atoms with Crippen LogP contribution in [0.1, 0.15) is 49.5 Å². The fourth-order valence-corrected chi connectivity index (χ4v) is 5.96. The Labute approximate surface area is 256 Å². The predicted molar refractivity (Wildman–Crippen MR) is 160 cm³/mol. The first-order valence-corrected chi connectivity index (χ1v) is 15.6. The second-order valence-corrected chi connectivity index (χ2v) is 11.5. The zero-order chi connectivity index (χ0) is 31.6. The molecule has 0 spiro atoms. The Balaban J connectivity index is 1.44. The topological polar surface area (TPSA) is 125 Å². The minimum Gasteiger partial charge on any atom is -0.394 e. The molecule has 0 bridgehead atoms. The lowest BCUT2D eigenvalue weighted by Gasteiger charge is -2.39. The molecule has 44 heavy (non-hydrogen) atoms. The standard InChI is InChI=1S/C31H45F2N5O6/c1-21(34-2)29(40)35-28(22-6-4-3-5-7-22)31(42)37-10-8-36(9-11-37)30(41)27-19-23-18-24(32)25(33)20-26(23)38(27)12-14-43-16-17-44-15-13-39/h18-22,28,34,39H,3-17H2,1-2H3,(H,35,40)/t21?,28-/m0/s1. The fourth-order valence-electron chi connectivity index (χ4n) is 5.96. The number of amides is 3. The van der Waals surface area contributed by atoms with Crippen LogP contribution in [0.5, 0.6) is 0 Å². The van der Waals surface area contributed by atoms with Crippen LogP contribution in [0.2, 0.25) is 0 Å². The molecule has 3 amide bonds. The molecule has 2 aromatic rings. The van der Waals surface area contributed by atoms with Crippen LogP contribution in [0.3, 0.4) is 0 Å². The zero-order valence-corrected chi connectivity index (χ0v) is 25.7. The molecular weight excluding hydrogens is 576 g/mol. The van der Waals surface area contributed by atoms with E-state index in [1.54, 1.807) is 34.4 Å². The van der Waals surface area contributed by atoms with Gasteiger partial charge in [0.15, 0.2) is 11.6 Å². The summed E-state index contributed by atoms with van der Waals surface area (Å²) in [5, 5.41) is 15.1. The van der Waals surface area contributed by atoms with Gasteiger partial charge in [0.05, 0.1) is 44.6 Å². The molecule has 4 rings (SSSR count). The van der Waals surface area contributed by atoms with Crippen molar-refractivity contribution in [2.24, 2.45) is 5.92 Å². The Morgan fingerprint density at radius 3 is 2.23 bits per heavy atom. The van der Waals surface area contributed by atoms with Gasteiger partial charge in [0.25, 0.3) is 5.91 Å². The Morgan fingerprint density at radius 2 is 1.57 bits per heavy atom. The van der Waals surface area contributed by atoms with Gasteiger partial charge in [0.2, 0.25) is 11.8 Å². The number of benzene rings is 1. The van der Waals surface area contributed by atoms with E-state index in [9.17, 15) is 23.2 Å². The molecule has 2 aliphatic rings. The minimum absolute atomic E-state index is 0.0730. The van der Waals surface area contributed by atoms with Gasteiger partial charge in [0, 0.05) is 44.2 Å². The average molecular weight is 622 g/mol. The van der Waals surface area contributed by atoms with Gasteiger partial charge in [-0.05, 0) is 44.9 Å². The molecule has 11 nitrogen and oxygen atoms in total. The largest absolute Gasteiger partial charge is 0.394 e. The van der Waals surface area contributed by atoms with Crippen molar-refractivity contribution in [3.8, 4) is 0 Å². The van der Waals surface area contributed by atoms with Crippen LogP contribution in [0.25, 0.3) is 10.9 Å². The Kier molecular flexibility index (Phi) is 12.5. The first-order valence-electron chi connectivity index (χ1n) is 15.6. The third-order valence-corrected chi connectivity index (χ3v) is 8.62. The van der Waals surface area contributed by atoms with Crippen molar-refractivity contribution in [1.29, 1.82) is 0 Å². The van der Waals surface area contributed by atoms with E-state index in [0.29, 0.717) is 30.6 Å². The van der Waals surface area contributed by atoms with Crippen molar-refractivity contribution in [2.75, 3.05) is 66.3 Å². The monoisotopic (exact) mass is 621 g/mol. The number of aliphatic hydroxyl groups is 1. The molecule has 0 radical (unpaired) electrons. The summed E-state index contributed by atoms with van der Waals surface area (Å²) in [4.78, 5) is 43.6. The number of hydrogen-bond donors (Lipinski definition) is 3. The van der Waals surface area contributed by atoms with Gasteiger partial charge >= 0.3 is 0 Å². The molecule has 2 atom stereocenters. The average Bonchev–Trinajstić information content (AvgIpc) is 3.39. The molecule has 1 aromatic carbocycles. The maximum absolute atomic E-state index is 14.2. The predicted octanol–water partition coefficient (Wildman–Crippen LogP) is 1.90. The molecule has 1 aliphatic heterocycles. The molecular formula is C31H45F2N5O6. The van der Waals surface area contributed by atoms with E-state index < -0.39 is 23.7 Å². The first-order chi connectivity index (χ1) is 21.2. The van der Waals surface area contributed by atoms with Crippen molar-refractivity contribution in [1.82, 2.24) is 25.0 Å². The van der Waals surface area contributed by atoms with E-state index >= 15 is 0 Å². The number of likely N-dealkylation sites (N-methyl/N-ethyl adjacent to an activating group) is 1. The van der Waals surface area contributed by atoms with Gasteiger partial charge in [-0.25, -0.2) is 8.78 Å². The van der Waals surface area contributed by atoms with Crippen molar-refractivity contribution in [3.05, 3.63) is 35.5 Å². The number of nitrogens with zero attached hydrogens (tertiary/aromatic N) is 3. The summed E-state index contributed by atoms with van der Waals surface area (Å²) < 4.78 is 40.7. The fraction of sp³-hybridized carbons (Fsp3) is 0.645. The summed E-state index contributed by atoms with van der Waals surface area (Å²) in [7, 11) is 1.70. The number of aliphatic hydroxyl groups excluding tert-OH is 1. The number of nitrogens with one attached hydrogen (secondary N) is 2. The first kappa shape index (κ1) is 33.8. The third-order valence-electron chi connectivity index (χ3n) is 8.62. The smallest absolute Gasteiger partial charge is 0.270 e.